The van der Waals surface area contributed by atoms with Gasteiger partial charge in [-0.15, -0.1) is 0 Å². The van der Waals surface area contributed by atoms with Crippen LogP contribution in [0.15, 0.2) is 23.8 Å². The number of ether oxygens (including phenoxy) is 2. The number of aliphatic hydroxyl groups is 1. The van der Waals surface area contributed by atoms with Gasteiger partial charge in [0.05, 0.1) is 17.9 Å². The lowest BCUT2D eigenvalue weighted by Crippen LogP contribution is -2.42. The smallest absolute Gasteiger partial charge is 0.312 e. The van der Waals surface area contributed by atoms with Crippen molar-refractivity contribution < 1.29 is 24.2 Å². The molecule has 0 aromatic heterocycles. The van der Waals surface area contributed by atoms with E-state index in [4.69, 9.17) is 9.47 Å². The minimum absolute atomic E-state index is 0.0796. The minimum atomic E-state index is -0.602. The van der Waals surface area contributed by atoms with E-state index < -0.39 is 11.5 Å². The van der Waals surface area contributed by atoms with E-state index in [0.29, 0.717) is 12.3 Å². The molecule has 3 rings (SSSR count). The molecule has 0 radical (unpaired) electrons. The molecule has 5 heteroatoms. The van der Waals surface area contributed by atoms with Gasteiger partial charge in [0, 0.05) is 12.3 Å². The van der Waals surface area contributed by atoms with Crippen molar-refractivity contribution in [3.63, 3.8) is 0 Å². The maximum Gasteiger partial charge on any atom is 0.312 e. The quantitative estimate of drug-likeness (QED) is 0.605. The molecule has 3 aliphatic rings. The molecule has 5 nitrogen and oxygen atoms in total. The number of rotatable bonds is 7. The van der Waals surface area contributed by atoms with E-state index >= 15 is 0 Å². The molecule has 0 spiro atoms. The summed E-state index contributed by atoms with van der Waals surface area (Å²) in [5.41, 5.74) is 0.844. The second-order valence-electron chi connectivity index (χ2n) is 9.74. The Balaban J connectivity index is 1.73. The van der Waals surface area contributed by atoms with Gasteiger partial charge in [0.1, 0.15) is 12.2 Å². The summed E-state index contributed by atoms with van der Waals surface area (Å²) >= 11 is 0. The molecule has 1 fully saturated rings. The standard InChI is InChI=1S/C25H38O5/c1-5-25(4,6-2)24(28)30-21-12-8-10-17-9-7-11-20(23(17)21)16(3)13-19-14-18(26)15-22(27)29-19/h7,9-10,16,18-21,23,26H,5-6,8,11-15H2,1-4H3/t16-,18+,19+,20-,21-,23-/m0/s1. The van der Waals surface area contributed by atoms with E-state index in [1.54, 1.807) is 0 Å². The molecule has 1 aliphatic heterocycles. The second-order valence-corrected chi connectivity index (χ2v) is 9.74. The van der Waals surface area contributed by atoms with Crippen LogP contribution in [-0.4, -0.2) is 35.4 Å². The molecular weight excluding hydrogens is 380 g/mol. The number of carbonyl (C=O) groups is 2. The third kappa shape index (κ3) is 4.99. The molecule has 168 valence electrons. The summed E-state index contributed by atoms with van der Waals surface area (Å²) in [6, 6.07) is 0. The van der Waals surface area contributed by atoms with Crippen LogP contribution in [0.3, 0.4) is 0 Å². The van der Waals surface area contributed by atoms with Gasteiger partial charge in [-0.3, -0.25) is 9.59 Å². The van der Waals surface area contributed by atoms with Crippen molar-refractivity contribution >= 4 is 11.9 Å². The molecule has 30 heavy (non-hydrogen) atoms. The summed E-state index contributed by atoms with van der Waals surface area (Å²) < 4.78 is 11.7. The average Bonchev–Trinajstić information content (AvgIpc) is 2.72. The molecule has 0 aromatic carbocycles. The van der Waals surface area contributed by atoms with E-state index in [1.807, 2.05) is 20.8 Å². The van der Waals surface area contributed by atoms with Crippen molar-refractivity contribution in [3.05, 3.63) is 23.8 Å². The number of aliphatic hydroxyl groups excluding tert-OH is 1. The van der Waals surface area contributed by atoms with Crippen LogP contribution in [0.2, 0.25) is 0 Å². The maximum absolute atomic E-state index is 13.0. The van der Waals surface area contributed by atoms with E-state index in [0.717, 1.165) is 38.5 Å². The van der Waals surface area contributed by atoms with Gasteiger partial charge in [0.25, 0.3) is 0 Å². The molecule has 2 aliphatic carbocycles. The summed E-state index contributed by atoms with van der Waals surface area (Å²) in [4.78, 5) is 24.7. The lowest BCUT2D eigenvalue weighted by atomic mass is 9.66. The molecule has 1 N–H and O–H groups in total. The Morgan fingerprint density at radius 2 is 2.10 bits per heavy atom. The summed E-state index contributed by atoms with van der Waals surface area (Å²) in [5.74, 6) is 0.410. The van der Waals surface area contributed by atoms with Gasteiger partial charge in [-0.1, -0.05) is 39.0 Å². The van der Waals surface area contributed by atoms with Crippen LogP contribution in [0, 0.1) is 23.2 Å². The second kappa shape index (κ2) is 9.67. The van der Waals surface area contributed by atoms with Gasteiger partial charge >= 0.3 is 11.9 Å². The first-order valence-electron chi connectivity index (χ1n) is 11.7. The summed E-state index contributed by atoms with van der Waals surface area (Å²) in [5, 5.41) is 9.95. The lowest BCUT2D eigenvalue weighted by molar-refractivity contribution is -0.167. The van der Waals surface area contributed by atoms with Crippen LogP contribution in [0.4, 0.5) is 0 Å². The molecule has 1 heterocycles. The molecule has 0 unspecified atom stereocenters. The molecule has 0 saturated carbocycles. The normalized spacial score (nSPS) is 32.6. The Labute approximate surface area is 180 Å². The van der Waals surface area contributed by atoms with E-state index in [9.17, 15) is 14.7 Å². The van der Waals surface area contributed by atoms with Crippen molar-refractivity contribution in [2.45, 2.75) is 97.4 Å². The van der Waals surface area contributed by atoms with Gasteiger partial charge < -0.3 is 14.6 Å². The number of esters is 2. The first kappa shape index (κ1) is 23.1. The van der Waals surface area contributed by atoms with Crippen molar-refractivity contribution in [3.8, 4) is 0 Å². The average molecular weight is 419 g/mol. The Hall–Kier alpha value is -1.62. The number of allylic oxidation sites excluding steroid dienone is 3. The Bertz CT molecular complexity index is 690. The highest BCUT2D eigenvalue weighted by Gasteiger charge is 2.42. The molecular formula is C25H38O5. The SMILES string of the molecule is CCC(C)(CC)C(=O)O[C@H]1CCC=C2C=CC[C@@H]([C@@H](C)C[C@@H]3C[C@@H](O)CC(=O)O3)[C@H]21. The van der Waals surface area contributed by atoms with Crippen LogP contribution in [0.1, 0.15) is 79.1 Å². The van der Waals surface area contributed by atoms with Crippen LogP contribution in [0.25, 0.3) is 0 Å². The van der Waals surface area contributed by atoms with Crippen LogP contribution in [-0.2, 0) is 19.1 Å². The Kier molecular flexibility index (Phi) is 7.43. The summed E-state index contributed by atoms with van der Waals surface area (Å²) in [6.45, 7) is 8.29. The van der Waals surface area contributed by atoms with Crippen LogP contribution in [0.5, 0.6) is 0 Å². The largest absolute Gasteiger partial charge is 0.462 e. The maximum atomic E-state index is 13.0. The molecule has 0 amide bonds. The fourth-order valence-electron chi connectivity index (χ4n) is 5.29. The molecule has 0 aromatic rings. The first-order valence-corrected chi connectivity index (χ1v) is 11.7. The fraction of sp³-hybridized carbons (Fsp3) is 0.760. The molecule has 1 saturated heterocycles. The zero-order chi connectivity index (χ0) is 21.9. The van der Waals surface area contributed by atoms with Crippen LogP contribution >= 0.6 is 0 Å². The minimum Gasteiger partial charge on any atom is -0.462 e. The summed E-state index contributed by atoms with van der Waals surface area (Å²) in [6.07, 6.45) is 11.4. The highest BCUT2D eigenvalue weighted by Crippen LogP contribution is 2.44. The highest BCUT2D eigenvalue weighted by atomic mass is 16.6. The van der Waals surface area contributed by atoms with Crippen molar-refractivity contribution in [1.82, 2.24) is 0 Å². The number of cyclic esters (lactones) is 1. The van der Waals surface area contributed by atoms with Gasteiger partial charge in [-0.2, -0.15) is 0 Å². The van der Waals surface area contributed by atoms with E-state index in [-0.39, 0.29) is 42.4 Å². The highest BCUT2D eigenvalue weighted by molar-refractivity contribution is 5.76. The Morgan fingerprint density at radius 3 is 2.77 bits per heavy atom. The van der Waals surface area contributed by atoms with E-state index in [2.05, 4.69) is 25.2 Å². The van der Waals surface area contributed by atoms with Gasteiger partial charge in [-0.25, -0.2) is 0 Å². The lowest BCUT2D eigenvalue weighted by Gasteiger charge is -2.43. The van der Waals surface area contributed by atoms with Crippen molar-refractivity contribution in [2.24, 2.45) is 23.2 Å². The van der Waals surface area contributed by atoms with Crippen molar-refractivity contribution in [2.75, 3.05) is 0 Å². The fourth-order valence-corrected chi connectivity index (χ4v) is 5.29. The number of carbonyl (C=O) groups excluding carboxylic acids is 2. The number of hydrogen-bond acceptors (Lipinski definition) is 5. The number of hydrogen-bond donors (Lipinski definition) is 1. The van der Waals surface area contributed by atoms with Crippen LogP contribution < -0.4 is 0 Å². The monoisotopic (exact) mass is 418 g/mol. The molecule has 0 bridgehead atoms. The Morgan fingerprint density at radius 1 is 1.37 bits per heavy atom. The number of fused-ring (bicyclic) bond motifs is 1. The predicted octanol–water partition coefficient (Wildman–Crippen LogP) is 4.73. The first-order chi connectivity index (χ1) is 14.3. The summed E-state index contributed by atoms with van der Waals surface area (Å²) in [7, 11) is 0. The third-order valence-corrected chi connectivity index (χ3v) is 7.71. The zero-order valence-corrected chi connectivity index (χ0v) is 18.9. The topological polar surface area (TPSA) is 72.8 Å². The predicted molar refractivity (Wildman–Crippen MR) is 116 cm³/mol. The van der Waals surface area contributed by atoms with E-state index in [1.165, 1.54) is 5.57 Å². The van der Waals surface area contributed by atoms with Gasteiger partial charge in [0.2, 0.25) is 0 Å². The van der Waals surface area contributed by atoms with Gasteiger partial charge in [-0.05, 0) is 62.9 Å². The molecule has 6 atom stereocenters. The third-order valence-electron chi connectivity index (χ3n) is 7.71. The van der Waals surface area contributed by atoms with Gasteiger partial charge in [0.15, 0.2) is 0 Å². The zero-order valence-electron chi connectivity index (χ0n) is 18.9. The van der Waals surface area contributed by atoms with Crippen molar-refractivity contribution in [1.29, 1.82) is 0 Å².